The molecule has 3 aliphatic heterocycles. The largest absolute Gasteiger partial charge is 0.458 e. The molecular formula is C36H22BNO3. The summed E-state index contributed by atoms with van der Waals surface area (Å²) in [5, 5.41) is 0. The molecule has 5 heteroatoms. The van der Waals surface area contributed by atoms with Gasteiger partial charge in [0.2, 0.25) is 0 Å². The van der Waals surface area contributed by atoms with Crippen molar-refractivity contribution in [1.29, 1.82) is 0 Å². The van der Waals surface area contributed by atoms with Gasteiger partial charge in [-0.15, -0.1) is 0 Å². The highest BCUT2D eigenvalue weighted by molar-refractivity contribution is 6.98. The molecular weight excluding hydrogens is 505 g/mol. The van der Waals surface area contributed by atoms with E-state index in [1.54, 1.807) is 0 Å². The highest BCUT2D eigenvalue weighted by Crippen LogP contribution is 2.50. The van der Waals surface area contributed by atoms with Crippen molar-refractivity contribution >= 4 is 40.2 Å². The van der Waals surface area contributed by atoms with Crippen LogP contribution >= 0.6 is 0 Å². The topological polar surface area (TPSA) is 30.9 Å². The van der Waals surface area contributed by atoms with Crippen LogP contribution in [0.4, 0.5) is 17.1 Å². The summed E-state index contributed by atoms with van der Waals surface area (Å²) in [6, 6.07) is 45.8. The van der Waals surface area contributed by atoms with Gasteiger partial charge in [0.1, 0.15) is 23.0 Å². The van der Waals surface area contributed by atoms with Crippen molar-refractivity contribution in [2.75, 3.05) is 4.90 Å². The first kappa shape index (κ1) is 22.4. The lowest BCUT2D eigenvalue weighted by molar-refractivity contribution is 0.465. The summed E-state index contributed by atoms with van der Waals surface area (Å²) in [4.78, 5) is 2.25. The van der Waals surface area contributed by atoms with Crippen LogP contribution in [0.25, 0.3) is 11.1 Å². The van der Waals surface area contributed by atoms with Crippen molar-refractivity contribution in [3.63, 3.8) is 0 Å². The molecule has 0 fully saturated rings. The Morgan fingerprint density at radius 2 is 0.878 bits per heavy atom. The van der Waals surface area contributed by atoms with Crippen molar-refractivity contribution in [3.8, 4) is 45.6 Å². The van der Waals surface area contributed by atoms with E-state index in [0.29, 0.717) is 0 Å². The summed E-state index contributed by atoms with van der Waals surface area (Å²) in [7, 11) is 0. The molecule has 0 aliphatic carbocycles. The van der Waals surface area contributed by atoms with Gasteiger partial charge in [-0.2, -0.15) is 0 Å². The van der Waals surface area contributed by atoms with Gasteiger partial charge in [0.05, 0.1) is 11.4 Å². The molecule has 0 bridgehead atoms. The molecule has 0 N–H and O–H groups in total. The Labute approximate surface area is 238 Å². The number of nitrogens with zero attached hydrogens (tertiary/aromatic N) is 1. The highest BCUT2D eigenvalue weighted by Gasteiger charge is 2.40. The second-order valence-electron chi connectivity index (χ2n) is 10.5. The molecule has 4 nitrogen and oxygen atoms in total. The molecule has 3 aliphatic rings. The monoisotopic (exact) mass is 527 g/mol. The Morgan fingerprint density at radius 1 is 0.415 bits per heavy atom. The third-order valence-corrected chi connectivity index (χ3v) is 8.18. The molecule has 0 saturated carbocycles. The first-order chi connectivity index (χ1) is 20.3. The van der Waals surface area contributed by atoms with Gasteiger partial charge in [0.15, 0.2) is 11.5 Å². The molecule has 0 spiro atoms. The van der Waals surface area contributed by atoms with Crippen LogP contribution in [0.15, 0.2) is 133 Å². The van der Waals surface area contributed by atoms with Crippen LogP contribution in [-0.4, -0.2) is 6.71 Å². The zero-order chi connectivity index (χ0) is 26.9. The average molecular weight is 527 g/mol. The minimum absolute atomic E-state index is 0.0767. The lowest BCUT2D eigenvalue weighted by Crippen LogP contribution is -2.57. The number of hydrogen-bond acceptors (Lipinski definition) is 4. The number of rotatable bonds is 2. The van der Waals surface area contributed by atoms with Crippen molar-refractivity contribution < 1.29 is 14.2 Å². The first-order valence-corrected chi connectivity index (χ1v) is 13.8. The van der Waals surface area contributed by atoms with Crippen molar-refractivity contribution in [2.24, 2.45) is 0 Å². The predicted octanol–water partition coefficient (Wildman–Crippen LogP) is 7.66. The standard InChI is InChI=1S/C36H22BNO3/c1-5-13-30-26(9-1)37-27-10-2-6-14-31(27)40-35-22-24(21-34(39-30)36(35)37)23-17-19-25(20-18-23)38-28-11-3-7-15-32(28)41-33-16-8-4-12-29(33)38/h1-22H. The Kier molecular flexibility index (Phi) is 4.67. The Bertz CT molecular complexity index is 1890. The van der Waals surface area contributed by atoms with E-state index in [4.69, 9.17) is 14.2 Å². The van der Waals surface area contributed by atoms with Crippen molar-refractivity contribution in [1.82, 2.24) is 0 Å². The quantitative estimate of drug-likeness (QED) is 0.216. The molecule has 0 aromatic heterocycles. The minimum Gasteiger partial charge on any atom is -0.458 e. The van der Waals surface area contributed by atoms with E-state index < -0.39 is 0 Å². The van der Waals surface area contributed by atoms with Crippen LogP contribution in [0.2, 0.25) is 0 Å². The number of benzene rings is 6. The Balaban J connectivity index is 1.15. The molecule has 0 unspecified atom stereocenters. The van der Waals surface area contributed by atoms with E-state index in [1.807, 2.05) is 48.5 Å². The predicted molar refractivity (Wildman–Crippen MR) is 164 cm³/mol. The second-order valence-corrected chi connectivity index (χ2v) is 10.5. The lowest BCUT2D eigenvalue weighted by atomic mass is 9.35. The molecule has 0 amide bonds. The molecule has 0 saturated heterocycles. The van der Waals surface area contributed by atoms with E-state index in [2.05, 4.69) is 89.8 Å². The van der Waals surface area contributed by atoms with E-state index in [9.17, 15) is 0 Å². The maximum Gasteiger partial charge on any atom is 0.260 e. The molecule has 9 rings (SSSR count). The fourth-order valence-electron chi connectivity index (χ4n) is 6.35. The van der Waals surface area contributed by atoms with Gasteiger partial charge in [0.25, 0.3) is 6.71 Å². The van der Waals surface area contributed by atoms with Gasteiger partial charge < -0.3 is 19.1 Å². The van der Waals surface area contributed by atoms with Crippen LogP contribution in [0.1, 0.15) is 0 Å². The zero-order valence-corrected chi connectivity index (χ0v) is 22.0. The number of ether oxygens (including phenoxy) is 3. The molecule has 41 heavy (non-hydrogen) atoms. The summed E-state index contributed by atoms with van der Waals surface area (Å²) in [6.45, 7) is 0.0767. The first-order valence-electron chi connectivity index (χ1n) is 13.8. The summed E-state index contributed by atoms with van der Waals surface area (Å²) < 4.78 is 19.2. The van der Waals surface area contributed by atoms with Crippen molar-refractivity contribution in [3.05, 3.63) is 133 Å². The van der Waals surface area contributed by atoms with Crippen LogP contribution in [0.3, 0.4) is 0 Å². The molecule has 192 valence electrons. The third kappa shape index (κ3) is 3.36. The van der Waals surface area contributed by atoms with Gasteiger partial charge >= 0.3 is 0 Å². The smallest absolute Gasteiger partial charge is 0.260 e. The lowest BCUT2D eigenvalue weighted by Gasteiger charge is -2.33. The van der Waals surface area contributed by atoms with Crippen LogP contribution in [0, 0.1) is 0 Å². The maximum absolute atomic E-state index is 6.50. The van der Waals surface area contributed by atoms with E-state index in [0.717, 1.165) is 68.1 Å². The molecule has 6 aromatic carbocycles. The van der Waals surface area contributed by atoms with E-state index >= 15 is 0 Å². The maximum atomic E-state index is 6.50. The summed E-state index contributed by atoms with van der Waals surface area (Å²) in [5.74, 6) is 5.16. The van der Waals surface area contributed by atoms with Gasteiger partial charge in [-0.3, -0.25) is 0 Å². The van der Waals surface area contributed by atoms with Gasteiger partial charge in [-0.05, 0) is 82.7 Å². The fourth-order valence-corrected chi connectivity index (χ4v) is 6.35. The fraction of sp³-hybridized carbons (Fsp3) is 0. The highest BCUT2D eigenvalue weighted by atomic mass is 16.5. The second kappa shape index (κ2) is 8.54. The zero-order valence-electron chi connectivity index (χ0n) is 22.0. The minimum atomic E-state index is 0.0767. The van der Waals surface area contributed by atoms with E-state index in [-0.39, 0.29) is 6.71 Å². The third-order valence-electron chi connectivity index (χ3n) is 8.18. The van der Waals surface area contributed by atoms with Gasteiger partial charge in [-0.1, -0.05) is 72.8 Å². The number of fused-ring (bicyclic) bond motifs is 6. The summed E-state index contributed by atoms with van der Waals surface area (Å²) >= 11 is 0. The normalized spacial score (nSPS) is 13.4. The number of hydrogen-bond donors (Lipinski definition) is 0. The SMILES string of the molecule is c1ccc2c(c1)Oc1cc(-c3ccc(N4c5ccccc5Oc5ccccc54)cc3)cc3c1B2c1ccccc1O3. The molecule has 0 atom stereocenters. The Morgan fingerprint density at radius 3 is 1.44 bits per heavy atom. The van der Waals surface area contributed by atoms with E-state index in [1.165, 1.54) is 10.9 Å². The Hall–Kier alpha value is -5.42. The summed E-state index contributed by atoms with van der Waals surface area (Å²) in [6.07, 6.45) is 0. The number of anilines is 3. The molecule has 6 aromatic rings. The van der Waals surface area contributed by atoms with Gasteiger partial charge in [-0.25, -0.2) is 0 Å². The number of para-hydroxylation sites is 6. The molecule has 0 radical (unpaired) electrons. The van der Waals surface area contributed by atoms with Crippen LogP contribution in [0.5, 0.6) is 34.5 Å². The summed E-state index contributed by atoms with van der Waals surface area (Å²) in [5.41, 5.74) is 8.65. The van der Waals surface area contributed by atoms with Crippen molar-refractivity contribution in [2.45, 2.75) is 0 Å². The van der Waals surface area contributed by atoms with Crippen LogP contribution < -0.4 is 35.5 Å². The van der Waals surface area contributed by atoms with Crippen LogP contribution in [-0.2, 0) is 0 Å². The van der Waals surface area contributed by atoms with Gasteiger partial charge in [0, 0.05) is 11.2 Å². The average Bonchev–Trinajstić information content (AvgIpc) is 3.03. The molecule has 3 heterocycles.